The first-order chi connectivity index (χ1) is 6.69. The number of hydrogen-bond acceptors (Lipinski definition) is 2. The minimum atomic E-state index is 0.558. The van der Waals surface area contributed by atoms with Gasteiger partial charge in [0.15, 0.2) is 0 Å². The summed E-state index contributed by atoms with van der Waals surface area (Å²) in [6, 6.07) is 5.43. The Balaban J connectivity index is 2.99. The van der Waals surface area contributed by atoms with Crippen LogP contribution in [0.5, 0.6) is 0 Å². The largest absolute Gasteiger partial charge is 0.397 e. The van der Waals surface area contributed by atoms with Crippen LogP contribution in [0, 0.1) is 12.3 Å². The molecule has 0 unspecified atom stereocenters. The third-order valence-corrected chi connectivity index (χ3v) is 2.23. The van der Waals surface area contributed by atoms with E-state index < -0.39 is 0 Å². The Bertz CT molecular complexity index is 355. The fourth-order valence-corrected chi connectivity index (χ4v) is 1.47. The molecule has 1 rings (SSSR count). The summed E-state index contributed by atoms with van der Waals surface area (Å²) in [7, 11) is 0. The van der Waals surface area contributed by atoms with Crippen molar-refractivity contribution >= 4 is 23.0 Å². The Hall–Kier alpha value is -1.33. The van der Waals surface area contributed by atoms with Crippen LogP contribution in [0.1, 0.15) is 6.92 Å². The number of anilines is 2. The van der Waals surface area contributed by atoms with Crippen molar-refractivity contribution in [2.24, 2.45) is 0 Å². The lowest BCUT2D eigenvalue weighted by Crippen LogP contribution is -2.23. The van der Waals surface area contributed by atoms with E-state index in [4.69, 9.17) is 23.8 Å². The van der Waals surface area contributed by atoms with Gasteiger partial charge in [0.1, 0.15) is 0 Å². The molecule has 74 valence electrons. The molecule has 14 heavy (non-hydrogen) atoms. The first-order valence-electron chi connectivity index (χ1n) is 4.42. The van der Waals surface area contributed by atoms with Crippen molar-refractivity contribution in [3.05, 3.63) is 23.2 Å². The smallest absolute Gasteiger partial charge is 0.0792 e. The van der Waals surface area contributed by atoms with Crippen LogP contribution < -0.4 is 10.6 Å². The van der Waals surface area contributed by atoms with E-state index in [-0.39, 0.29) is 0 Å². The van der Waals surface area contributed by atoms with Crippen LogP contribution in [-0.4, -0.2) is 13.1 Å². The monoisotopic (exact) mass is 208 g/mol. The van der Waals surface area contributed by atoms with Gasteiger partial charge < -0.3 is 10.6 Å². The molecule has 0 spiro atoms. The van der Waals surface area contributed by atoms with Gasteiger partial charge in [0.25, 0.3) is 0 Å². The lowest BCUT2D eigenvalue weighted by atomic mass is 10.2. The molecule has 0 atom stereocenters. The normalized spacial score (nSPS) is 9.50. The SMILES string of the molecule is C#CCN(CC)c1ccc(Cl)cc1N. The zero-order valence-corrected chi connectivity index (χ0v) is 8.88. The van der Waals surface area contributed by atoms with Gasteiger partial charge in [0.2, 0.25) is 0 Å². The minimum Gasteiger partial charge on any atom is -0.397 e. The molecule has 0 heterocycles. The van der Waals surface area contributed by atoms with Crippen LogP contribution in [0.15, 0.2) is 18.2 Å². The number of hydrogen-bond donors (Lipinski definition) is 1. The maximum absolute atomic E-state index is 5.83. The average Bonchev–Trinajstić information content (AvgIpc) is 2.15. The molecule has 0 fully saturated rings. The van der Waals surface area contributed by atoms with Crippen LogP contribution in [0.25, 0.3) is 0 Å². The molecule has 0 aliphatic rings. The van der Waals surface area contributed by atoms with Gasteiger partial charge in [-0.05, 0) is 25.1 Å². The van der Waals surface area contributed by atoms with Gasteiger partial charge >= 0.3 is 0 Å². The van der Waals surface area contributed by atoms with Crippen molar-refractivity contribution in [1.29, 1.82) is 0 Å². The van der Waals surface area contributed by atoms with E-state index in [1.54, 1.807) is 6.07 Å². The first-order valence-corrected chi connectivity index (χ1v) is 4.80. The van der Waals surface area contributed by atoms with E-state index >= 15 is 0 Å². The molecule has 0 bridgehead atoms. The molecular weight excluding hydrogens is 196 g/mol. The topological polar surface area (TPSA) is 29.3 Å². The molecule has 3 heteroatoms. The number of terminal acetylenes is 1. The second-order valence-electron chi connectivity index (χ2n) is 2.92. The van der Waals surface area contributed by atoms with Crippen LogP contribution in [0.3, 0.4) is 0 Å². The van der Waals surface area contributed by atoms with E-state index in [0.29, 0.717) is 17.3 Å². The van der Waals surface area contributed by atoms with E-state index in [0.717, 1.165) is 12.2 Å². The van der Waals surface area contributed by atoms with Crippen LogP contribution >= 0.6 is 11.6 Å². The van der Waals surface area contributed by atoms with Gasteiger partial charge in [0.05, 0.1) is 17.9 Å². The van der Waals surface area contributed by atoms with Crippen LogP contribution in [-0.2, 0) is 0 Å². The van der Waals surface area contributed by atoms with Gasteiger partial charge in [-0.15, -0.1) is 6.42 Å². The predicted molar refractivity (Wildman–Crippen MR) is 62.6 cm³/mol. The van der Waals surface area contributed by atoms with Crippen molar-refractivity contribution in [1.82, 2.24) is 0 Å². The van der Waals surface area contributed by atoms with E-state index in [1.165, 1.54) is 0 Å². The number of rotatable bonds is 3. The second-order valence-corrected chi connectivity index (χ2v) is 3.36. The number of benzene rings is 1. The molecule has 0 saturated heterocycles. The number of nitrogen functional groups attached to an aromatic ring is 1. The summed E-state index contributed by atoms with van der Waals surface area (Å²) < 4.78 is 0. The van der Waals surface area contributed by atoms with E-state index in [9.17, 15) is 0 Å². The summed E-state index contributed by atoms with van der Waals surface area (Å²) in [5.74, 6) is 2.60. The lowest BCUT2D eigenvalue weighted by molar-refractivity contribution is 0.920. The molecule has 1 aromatic rings. The van der Waals surface area contributed by atoms with Crippen molar-refractivity contribution in [2.45, 2.75) is 6.92 Å². The predicted octanol–water partition coefficient (Wildman–Crippen LogP) is 2.38. The van der Waals surface area contributed by atoms with Crippen molar-refractivity contribution in [3.8, 4) is 12.3 Å². The molecule has 2 N–H and O–H groups in total. The molecule has 0 saturated carbocycles. The van der Waals surface area contributed by atoms with Crippen LogP contribution in [0.2, 0.25) is 5.02 Å². The third-order valence-electron chi connectivity index (χ3n) is 1.99. The lowest BCUT2D eigenvalue weighted by Gasteiger charge is -2.22. The summed E-state index contributed by atoms with van der Waals surface area (Å²) in [5, 5.41) is 0.642. The average molecular weight is 209 g/mol. The number of nitrogens with zero attached hydrogens (tertiary/aromatic N) is 1. The summed E-state index contributed by atoms with van der Waals surface area (Å²) >= 11 is 5.80. The molecule has 0 aromatic heterocycles. The maximum atomic E-state index is 5.83. The standard InChI is InChI=1S/C11H13ClN2/c1-3-7-14(4-2)11-6-5-9(12)8-10(11)13/h1,5-6,8H,4,7,13H2,2H3. The van der Waals surface area contributed by atoms with E-state index in [2.05, 4.69) is 5.92 Å². The van der Waals surface area contributed by atoms with Gasteiger partial charge in [-0.2, -0.15) is 0 Å². The zero-order chi connectivity index (χ0) is 10.6. The molecular formula is C11H13ClN2. The Morgan fingerprint density at radius 2 is 2.29 bits per heavy atom. The van der Waals surface area contributed by atoms with E-state index in [1.807, 2.05) is 24.0 Å². The molecule has 2 nitrogen and oxygen atoms in total. The van der Waals surface area contributed by atoms with Crippen LogP contribution in [0.4, 0.5) is 11.4 Å². The van der Waals surface area contributed by atoms with Gasteiger partial charge in [-0.3, -0.25) is 0 Å². The minimum absolute atomic E-state index is 0.558. The number of halogens is 1. The summed E-state index contributed by atoms with van der Waals surface area (Å²) in [5.41, 5.74) is 7.43. The highest BCUT2D eigenvalue weighted by Gasteiger charge is 2.06. The van der Waals surface area contributed by atoms with Gasteiger partial charge in [0, 0.05) is 11.6 Å². The summed E-state index contributed by atoms with van der Waals surface area (Å²) in [6.07, 6.45) is 5.26. The first kappa shape index (κ1) is 10.7. The fraction of sp³-hybridized carbons (Fsp3) is 0.273. The Kier molecular flexibility index (Phi) is 3.67. The van der Waals surface area contributed by atoms with Gasteiger partial charge in [-0.25, -0.2) is 0 Å². The highest BCUT2D eigenvalue weighted by Crippen LogP contribution is 2.25. The maximum Gasteiger partial charge on any atom is 0.0792 e. The summed E-state index contributed by atoms with van der Waals surface area (Å²) in [6.45, 7) is 3.42. The zero-order valence-electron chi connectivity index (χ0n) is 8.13. The summed E-state index contributed by atoms with van der Waals surface area (Å²) in [4.78, 5) is 2.02. The quantitative estimate of drug-likeness (QED) is 0.611. The Morgan fingerprint density at radius 1 is 1.57 bits per heavy atom. The Morgan fingerprint density at radius 3 is 2.79 bits per heavy atom. The van der Waals surface area contributed by atoms with Crippen molar-refractivity contribution < 1.29 is 0 Å². The van der Waals surface area contributed by atoms with Crippen molar-refractivity contribution in [2.75, 3.05) is 23.7 Å². The second kappa shape index (κ2) is 4.78. The third kappa shape index (κ3) is 2.34. The van der Waals surface area contributed by atoms with Crippen molar-refractivity contribution in [3.63, 3.8) is 0 Å². The highest BCUT2D eigenvalue weighted by atomic mass is 35.5. The fourth-order valence-electron chi connectivity index (χ4n) is 1.29. The van der Waals surface area contributed by atoms with Gasteiger partial charge in [-0.1, -0.05) is 17.5 Å². The molecule has 1 aromatic carbocycles. The molecule has 0 aliphatic carbocycles. The Labute approximate surface area is 89.7 Å². The number of nitrogens with two attached hydrogens (primary N) is 1. The highest BCUT2D eigenvalue weighted by molar-refractivity contribution is 6.31. The molecule has 0 aliphatic heterocycles. The molecule has 0 amide bonds. The molecule has 0 radical (unpaired) electrons.